The molecule has 5 nitrogen and oxygen atoms in total. The highest BCUT2D eigenvalue weighted by atomic mass is 16.5. The van der Waals surface area contributed by atoms with Gasteiger partial charge < -0.3 is 15.0 Å². The number of benzene rings is 2. The van der Waals surface area contributed by atoms with Gasteiger partial charge in [-0.25, -0.2) is 0 Å². The van der Waals surface area contributed by atoms with Crippen LogP contribution in [0.2, 0.25) is 0 Å². The smallest absolute Gasteiger partial charge is 0.261 e. The molecule has 0 spiro atoms. The van der Waals surface area contributed by atoms with Crippen molar-refractivity contribution in [2.24, 2.45) is 0 Å². The van der Waals surface area contributed by atoms with Crippen molar-refractivity contribution in [1.29, 1.82) is 0 Å². The van der Waals surface area contributed by atoms with Crippen LogP contribution in [0, 0.1) is 6.92 Å². The number of aryl methyl sites for hydroxylation is 1. The maximum Gasteiger partial charge on any atom is 0.261 e. The maximum atomic E-state index is 13.2. The highest BCUT2D eigenvalue weighted by molar-refractivity contribution is 5.88. The summed E-state index contributed by atoms with van der Waals surface area (Å²) >= 11 is 0. The van der Waals surface area contributed by atoms with E-state index in [1.807, 2.05) is 76.2 Å². The molecule has 0 bridgehead atoms. The van der Waals surface area contributed by atoms with Crippen LogP contribution in [0.15, 0.2) is 48.5 Å². The lowest BCUT2D eigenvalue weighted by Crippen LogP contribution is -2.53. The third kappa shape index (κ3) is 7.42. The van der Waals surface area contributed by atoms with E-state index in [1.165, 1.54) is 0 Å². The SMILES string of the molecule is Cc1ccc(CN(C(=O)COc2ccccc2C(C)C)[C@H](C)C(=O)NC(C)(C)C)cc1. The van der Waals surface area contributed by atoms with Gasteiger partial charge in [0.2, 0.25) is 5.91 Å². The van der Waals surface area contributed by atoms with E-state index in [4.69, 9.17) is 4.74 Å². The van der Waals surface area contributed by atoms with Gasteiger partial charge in [0.25, 0.3) is 5.91 Å². The first kappa shape index (κ1) is 24.4. The predicted molar refractivity (Wildman–Crippen MR) is 125 cm³/mol. The van der Waals surface area contributed by atoms with Crippen molar-refractivity contribution < 1.29 is 14.3 Å². The normalized spacial score (nSPS) is 12.4. The number of carbonyl (C=O) groups is 2. The molecule has 1 atom stereocenters. The van der Waals surface area contributed by atoms with E-state index < -0.39 is 6.04 Å². The molecule has 0 saturated heterocycles. The molecule has 2 amide bonds. The summed E-state index contributed by atoms with van der Waals surface area (Å²) in [5.74, 6) is 0.575. The highest BCUT2D eigenvalue weighted by Gasteiger charge is 2.28. The second-order valence-electron chi connectivity index (χ2n) is 9.40. The molecule has 0 unspecified atom stereocenters. The number of para-hydroxylation sites is 1. The third-order valence-corrected chi connectivity index (χ3v) is 5.03. The standard InChI is InChI=1S/C26H36N2O3/c1-18(2)22-10-8-9-11-23(22)31-17-24(29)28(16-21-14-12-19(3)13-15-21)20(4)25(30)27-26(5,6)7/h8-15,18,20H,16-17H2,1-7H3,(H,27,30)/t20-/m1/s1. The lowest BCUT2D eigenvalue weighted by Gasteiger charge is -2.31. The molecular weight excluding hydrogens is 388 g/mol. The van der Waals surface area contributed by atoms with Crippen LogP contribution >= 0.6 is 0 Å². The Morgan fingerprint density at radius 1 is 1.00 bits per heavy atom. The van der Waals surface area contributed by atoms with Crippen molar-refractivity contribution in [1.82, 2.24) is 10.2 Å². The van der Waals surface area contributed by atoms with Gasteiger partial charge in [-0.15, -0.1) is 0 Å². The molecule has 0 radical (unpaired) electrons. The van der Waals surface area contributed by atoms with Gasteiger partial charge in [0, 0.05) is 12.1 Å². The molecule has 2 rings (SSSR count). The molecular formula is C26H36N2O3. The largest absolute Gasteiger partial charge is 0.483 e. The van der Waals surface area contributed by atoms with Crippen LogP contribution in [0.1, 0.15) is 64.2 Å². The summed E-state index contributed by atoms with van der Waals surface area (Å²) in [6.45, 7) is 14.0. The second kappa shape index (κ2) is 10.5. The fourth-order valence-corrected chi connectivity index (χ4v) is 3.26. The minimum Gasteiger partial charge on any atom is -0.483 e. The molecule has 2 aromatic rings. The minimum absolute atomic E-state index is 0.122. The van der Waals surface area contributed by atoms with E-state index in [0.717, 1.165) is 16.7 Å². The monoisotopic (exact) mass is 424 g/mol. The molecule has 0 heterocycles. The molecule has 1 N–H and O–H groups in total. The summed E-state index contributed by atoms with van der Waals surface area (Å²) in [7, 11) is 0. The Morgan fingerprint density at radius 2 is 1.61 bits per heavy atom. The van der Waals surface area contributed by atoms with Gasteiger partial charge in [-0.3, -0.25) is 9.59 Å². The summed E-state index contributed by atoms with van der Waals surface area (Å²) in [4.78, 5) is 27.6. The highest BCUT2D eigenvalue weighted by Crippen LogP contribution is 2.26. The number of rotatable bonds is 8. The van der Waals surface area contributed by atoms with Crippen molar-refractivity contribution in [3.63, 3.8) is 0 Å². The lowest BCUT2D eigenvalue weighted by molar-refractivity contribution is -0.142. The van der Waals surface area contributed by atoms with E-state index in [1.54, 1.807) is 11.8 Å². The van der Waals surface area contributed by atoms with E-state index in [9.17, 15) is 9.59 Å². The molecule has 0 fully saturated rings. The molecule has 0 aromatic heterocycles. The Balaban J connectivity index is 2.21. The Kier molecular flexibility index (Phi) is 8.26. The summed E-state index contributed by atoms with van der Waals surface area (Å²) in [5, 5.41) is 2.97. The molecule has 0 saturated carbocycles. The average Bonchev–Trinajstić information content (AvgIpc) is 2.70. The van der Waals surface area contributed by atoms with E-state index in [-0.39, 0.29) is 29.9 Å². The van der Waals surface area contributed by atoms with Crippen molar-refractivity contribution in [3.05, 3.63) is 65.2 Å². The Labute approximate surface area is 186 Å². The zero-order chi connectivity index (χ0) is 23.2. The Hall–Kier alpha value is -2.82. The fourth-order valence-electron chi connectivity index (χ4n) is 3.26. The van der Waals surface area contributed by atoms with Crippen LogP contribution < -0.4 is 10.1 Å². The van der Waals surface area contributed by atoms with E-state index in [2.05, 4.69) is 19.2 Å². The number of hydrogen-bond donors (Lipinski definition) is 1. The van der Waals surface area contributed by atoms with Crippen molar-refractivity contribution in [3.8, 4) is 5.75 Å². The number of carbonyl (C=O) groups excluding carboxylic acids is 2. The number of amides is 2. The number of nitrogens with one attached hydrogen (secondary N) is 1. The van der Waals surface area contributed by atoms with Gasteiger partial charge in [0.05, 0.1) is 0 Å². The molecule has 31 heavy (non-hydrogen) atoms. The van der Waals surface area contributed by atoms with E-state index >= 15 is 0 Å². The first-order valence-electron chi connectivity index (χ1n) is 10.9. The third-order valence-electron chi connectivity index (χ3n) is 5.03. The molecule has 0 aliphatic rings. The lowest BCUT2D eigenvalue weighted by atomic mass is 10.0. The second-order valence-corrected chi connectivity index (χ2v) is 9.40. The van der Waals surface area contributed by atoms with Crippen LogP contribution in [-0.4, -0.2) is 34.9 Å². The van der Waals surface area contributed by atoms with Crippen LogP contribution in [0.25, 0.3) is 0 Å². The Morgan fingerprint density at radius 3 is 2.19 bits per heavy atom. The molecule has 2 aromatic carbocycles. The first-order chi connectivity index (χ1) is 14.5. The summed E-state index contributed by atoms with van der Waals surface area (Å²) < 4.78 is 5.91. The van der Waals surface area contributed by atoms with Gasteiger partial charge in [0.1, 0.15) is 11.8 Å². The first-order valence-corrected chi connectivity index (χ1v) is 10.9. The maximum absolute atomic E-state index is 13.2. The number of hydrogen-bond acceptors (Lipinski definition) is 3. The molecule has 5 heteroatoms. The van der Waals surface area contributed by atoms with Crippen LogP contribution in [0.4, 0.5) is 0 Å². The zero-order valence-corrected chi connectivity index (χ0v) is 19.9. The predicted octanol–water partition coefficient (Wildman–Crippen LogP) is 4.83. The van der Waals surface area contributed by atoms with Crippen LogP contribution in [-0.2, 0) is 16.1 Å². The van der Waals surface area contributed by atoms with Gasteiger partial charge in [-0.05, 0) is 57.7 Å². The van der Waals surface area contributed by atoms with Crippen molar-refractivity contribution in [2.45, 2.75) is 72.5 Å². The quantitative estimate of drug-likeness (QED) is 0.660. The topological polar surface area (TPSA) is 58.6 Å². The van der Waals surface area contributed by atoms with Crippen molar-refractivity contribution >= 4 is 11.8 Å². The van der Waals surface area contributed by atoms with Crippen LogP contribution in [0.5, 0.6) is 5.75 Å². The number of nitrogens with zero attached hydrogens (tertiary/aromatic N) is 1. The van der Waals surface area contributed by atoms with Gasteiger partial charge >= 0.3 is 0 Å². The average molecular weight is 425 g/mol. The van der Waals surface area contributed by atoms with Gasteiger partial charge in [-0.1, -0.05) is 61.9 Å². The molecule has 168 valence electrons. The summed E-state index contributed by atoms with van der Waals surface area (Å²) in [6.07, 6.45) is 0. The summed E-state index contributed by atoms with van der Waals surface area (Å²) in [5.41, 5.74) is 2.79. The zero-order valence-electron chi connectivity index (χ0n) is 19.9. The Bertz CT molecular complexity index is 882. The fraction of sp³-hybridized carbons (Fsp3) is 0.462. The van der Waals surface area contributed by atoms with Crippen LogP contribution in [0.3, 0.4) is 0 Å². The van der Waals surface area contributed by atoms with E-state index in [0.29, 0.717) is 12.3 Å². The van der Waals surface area contributed by atoms with Gasteiger partial charge in [-0.2, -0.15) is 0 Å². The molecule has 0 aliphatic heterocycles. The van der Waals surface area contributed by atoms with Crippen molar-refractivity contribution in [2.75, 3.05) is 6.61 Å². The van der Waals surface area contributed by atoms with Gasteiger partial charge in [0.15, 0.2) is 6.61 Å². The number of ether oxygens (including phenoxy) is 1. The molecule has 0 aliphatic carbocycles. The minimum atomic E-state index is -0.628. The summed E-state index contributed by atoms with van der Waals surface area (Å²) in [6, 6.07) is 15.1.